The van der Waals surface area contributed by atoms with Crippen LogP contribution < -0.4 is 0 Å². The minimum Gasteiger partial charge on any atom is -0.337 e. The Bertz CT molecular complexity index is 639. The lowest BCUT2D eigenvalue weighted by atomic mass is 9.96. The minimum absolute atomic E-state index is 0.0329. The number of hydrogen-bond donors (Lipinski definition) is 0. The molecule has 1 aliphatic heterocycles. The van der Waals surface area contributed by atoms with E-state index in [4.69, 9.17) is 0 Å². The third-order valence-electron chi connectivity index (χ3n) is 4.37. The number of nitrogens with zero attached hydrogens (tertiary/aromatic N) is 5. The van der Waals surface area contributed by atoms with Gasteiger partial charge < -0.3 is 9.47 Å². The van der Waals surface area contributed by atoms with Crippen LogP contribution in [0.15, 0.2) is 30.7 Å². The molecule has 6 nitrogen and oxygen atoms in total. The van der Waals surface area contributed by atoms with Crippen molar-refractivity contribution in [2.24, 2.45) is 0 Å². The summed E-state index contributed by atoms with van der Waals surface area (Å²) < 4.78 is 2.24. The van der Waals surface area contributed by atoms with E-state index in [0.29, 0.717) is 18.2 Å². The van der Waals surface area contributed by atoms with Crippen LogP contribution in [0.3, 0.4) is 0 Å². The Morgan fingerprint density at radius 3 is 3.09 bits per heavy atom. The lowest BCUT2D eigenvalue weighted by Gasteiger charge is -2.32. The van der Waals surface area contributed by atoms with Gasteiger partial charge in [-0.25, -0.2) is 4.98 Å². The second-order valence-electron chi connectivity index (χ2n) is 6.03. The van der Waals surface area contributed by atoms with Crippen molar-refractivity contribution in [2.45, 2.75) is 45.1 Å². The molecule has 1 unspecified atom stereocenters. The Morgan fingerprint density at radius 1 is 1.39 bits per heavy atom. The highest BCUT2D eigenvalue weighted by Crippen LogP contribution is 2.26. The van der Waals surface area contributed by atoms with Crippen LogP contribution in [0, 0.1) is 0 Å². The molecule has 1 fully saturated rings. The van der Waals surface area contributed by atoms with Gasteiger partial charge in [-0.3, -0.25) is 4.79 Å². The largest absolute Gasteiger partial charge is 0.337 e. The van der Waals surface area contributed by atoms with Gasteiger partial charge in [0.15, 0.2) is 5.69 Å². The third kappa shape index (κ3) is 3.57. The number of aryl methyl sites for hydroxylation is 1. The number of piperidine rings is 1. The average molecular weight is 313 g/mol. The highest BCUT2D eigenvalue weighted by molar-refractivity contribution is 5.92. The molecule has 0 spiro atoms. The van der Waals surface area contributed by atoms with Crippen molar-refractivity contribution in [3.63, 3.8) is 0 Å². The zero-order valence-corrected chi connectivity index (χ0v) is 13.6. The number of unbranched alkanes of at least 4 members (excludes halogenated alkanes) is 1. The van der Waals surface area contributed by atoms with Gasteiger partial charge in [-0.2, -0.15) is 5.10 Å². The number of aromatic nitrogens is 4. The fourth-order valence-electron chi connectivity index (χ4n) is 3.15. The Hall–Kier alpha value is -2.24. The van der Waals surface area contributed by atoms with Crippen molar-refractivity contribution in [1.29, 1.82) is 0 Å². The summed E-state index contributed by atoms with van der Waals surface area (Å²) in [6, 6.07) is 3.47. The summed E-state index contributed by atoms with van der Waals surface area (Å²) in [6.45, 7) is 4.68. The summed E-state index contributed by atoms with van der Waals surface area (Å²) in [4.78, 5) is 19.0. The molecule has 3 heterocycles. The van der Waals surface area contributed by atoms with Crippen LogP contribution in [0.4, 0.5) is 0 Å². The lowest BCUT2D eigenvalue weighted by molar-refractivity contribution is 0.0696. The molecule has 1 amide bonds. The molecule has 0 saturated carbocycles. The summed E-state index contributed by atoms with van der Waals surface area (Å²) >= 11 is 0. The molecule has 2 aromatic heterocycles. The second kappa shape index (κ2) is 7.35. The first-order valence-corrected chi connectivity index (χ1v) is 8.37. The maximum Gasteiger partial charge on any atom is 0.274 e. The van der Waals surface area contributed by atoms with Crippen LogP contribution in [0.25, 0.3) is 0 Å². The molecule has 0 N–H and O–H groups in total. The summed E-state index contributed by atoms with van der Waals surface area (Å²) in [5.41, 5.74) is 0.419. The van der Waals surface area contributed by atoms with Gasteiger partial charge in [0.25, 0.3) is 5.91 Å². The molecule has 122 valence electrons. The quantitative estimate of drug-likeness (QED) is 0.851. The number of carbonyl (C=O) groups is 1. The average Bonchev–Trinajstić information content (AvgIpc) is 3.08. The van der Waals surface area contributed by atoms with E-state index in [2.05, 4.69) is 32.9 Å². The molecule has 1 aliphatic rings. The van der Waals surface area contributed by atoms with Gasteiger partial charge in [0, 0.05) is 44.1 Å². The molecule has 2 aromatic rings. The highest BCUT2D eigenvalue weighted by Gasteiger charge is 2.28. The summed E-state index contributed by atoms with van der Waals surface area (Å²) in [7, 11) is 0. The Morgan fingerprint density at radius 2 is 2.30 bits per heavy atom. The monoisotopic (exact) mass is 313 g/mol. The van der Waals surface area contributed by atoms with Gasteiger partial charge in [0.05, 0.1) is 0 Å². The maximum absolute atomic E-state index is 12.6. The molecule has 1 atom stereocenters. The van der Waals surface area contributed by atoms with Crippen molar-refractivity contribution in [3.8, 4) is 0 Å². The number of hydrogen-bond acceptors (Lipinski definition) is 4. The van der Waals surface area contributed by atoms with E-state index >= 15 is 0 Å². The van der Waals surface area contributed by atoms with Crippen LogP contribution in [0.1, 0.15) is 54.8 Å². The van der Waals surface area contributed by atoms with E-state index < -0.39 is 0 Å². The molecule has 0 aromatic carbocycles. The van der Waals surface area contributed by atoms with Gasteiger partial charge >= 0.3 is 0 Å². The molecule has 6 heteroatoms. The van der Waals surface area contributed by atoms with E-state index in [1.807, 2.05) is 11.1 Å². The number of imidazole rings is 1. The smallest absolute Gasteiger partial charge is 0.274 e. The molecule has 3 rings (SSSR count). The maximum atomic E-state index is 12.6. The second-order valence-corrected chi connectivity index (χ2v) is 6.03. The summed E-state index contributed by atoms with van der Waals surface area (Å²) in [6.07, 6.45) is 9.89. The Kier molecular flexibility index (Phi) is 5.00. The molecule has 0 bridgehead atoms. The highest BCUT2D eigenvalue weighted by atomic mass is 16.2. The molecule has 0 radical (unpaired) electrons. The van der Waals surface area contributed by atoms with E-state index in [0.717, 1.165) is 38.2 Å². The summed E-state index contributed by atoms with van der Waals surface area (Å²) in [5, 5.41) is 7.74. The first-order chi connectivity index (χ1) is 11.3. The zero-order valence-electron chi connectivity index (χ0n) is 13.6. The van der Waals surface area contributed by atoms with Crippen LogP contribution in [0.2, 0.25) is 0 Å². The molecule has 0 aliphatic carbocycles. The summed E-state index contributed by atoms with van der Waals surface area (Å²) in [5.74, 6) is 1.38. The topological polar surface area (TPSA) is 63.9 Å². The van der Waals surface area contributed by atoms with Crippen molar-refractivity contribution in [1.82, 2.24) is 24.6 Å². The van der Waals surface area contributed by atoms with Gasteiger partial charge in [0.1, 0.15) is 5.82 Å². The van der Waals surface area contributed by atoms with Crippen LogP contribution in [0.5, 0.6) is 0 Å². The Labute approximate surface area is 136 Å². The fourth-order valence-corrected chi connectivity index (χ4v) is 3.15. The van der Waals surface area contributed by atoms with E-state index in [9.17, 15) is 4.79 Å². The van der Waals surface area contributed by atoms with Crippen LogP contribution in [-0.2, 0) is 6.54 Å². The number of carbonyl (C=O) groups excluding carboxylic acids is 1. The number of likely N-dealkylation sites (tertiary alicyclic amines) is 1. The lowest BCUT2D eigenvalue weighted by Crippen LogP contribution is -2.40. The fraction of sp³-hybridized carbons (Fsp3) is 0.529. The van der Waals surface area contributed by atoms with E-state index in [1.165, 1.54) is 6.42 Å². The predicted molar refractivity (Wildman–Crippen MR) is 87.0 cm³/mol. The zero-order chi connectivity index (χ0) is 16.1. The standard InChI is InChI=1S/C17H23N5O/c1-2-3-10-21-12-9-18-16(21)14-6-5-11-22(13-14)17(23)15-7-4-8-19-20-15/h4,7-9,12,14H,2-3,5-6,10-11,13H2,1H3. The first-order valence-electron chi connectivity index (χ1n) is 8.37. The molecule has 1 saturated heterocycles. The van der Waals surface area contributed by atoms with Crippen LogP contribution in [-0.4, -0.2) is 43.6 Å². The SMILES string of the molecule is CCCCn1ccnc1C1CCCN(C(=O)c2cccnn2)C1. The van der Waals surface area contributed by atoms with Crippen LogP contribution >= 0.6 is 0 Å². The van der Waals surface area contributed by atoms with Crippen molar-refractivity contribution in [2.75, 3.05) is 13.1 Å². The Balaban J connectivity index is 1.71. The predicted octanol–water partition coefficient (Wildman–Crippen LogP) is 2.49. The molecular weight excluding hydrogens is 290 g/mol. The van der Waals surface area contributed by atoms with Gasteiger partial charge in [-0.05, 0) is 31.4 Å². The van der Waals surface area contributed by atoms with E-state index in [1.54, 1.807) is 18.3 Å². The third-order valence-corrected chi connectivity index (χ3v) is 4.37. The van der Waals surface area contributed by atoms with Gasteiger partial charge in [-0.15, -0.1) is 5.10 Å². The van der Waals surface area contributed by atoms with Gasteiger partial charge in [0.2, 0.25) is 0 Å². The van der Waals surface area contributed by atoms with Crippen molar-refractivity contribution < 1.29 is 4.79 Å². The first kappa shape index (κ1) is 15.6. The molecule has 23 heavy (non-hydrogen) atoms. The van der Waals surface area contributed by atoms with E-state index in [-0.39, 0.29) is 5.91 Å². The normalized spacial score (nSPS) is 18.1. The van der Waals surface area contributed by atoms with Gasteiger partial charge in [-0.1, -0.05) is 13.3 Å². The number of rotatable bonds is 5. The van der Waals surface area contributed by atoms with Crippen molar-refractivity contribution in [3.05, 3.63) is 42.2 Å². The minimum atomic E-state index is -0.0329. The number of amides is 1. The molecular formula is C17H23N5O. The van der Waals surface area contributed by atoms with Crippen molar-refractivity contribution >= 4 is 5.91 Å².